The van der Waals surface area contributed by atoms with Crippen LogP contribution in [0.2, 0.25) is 0 Å². The third-order valence-electron chi connectivity index (χ3n) is 3.08. The first kappa shape index (κ1) is 16.4. The van der Waals surface area contributed by atoms with Gasteiger partial charge >= 0.3 is 6.18 Å². The van der Waals surface area contributed by atoms with E-state index in [9.17, 15) is 13.2 Å². The number of alkyl halides is 3. The van der Waals surface area contributed by atoms with Gasteiger partial charge in [0.15, 0.2) is 16.1 Å². The van der Waals surface area contributed by atoms with Gasteiger partial charge in [0.2, 0.25) is 0 Å². The normalized spacial score (nSPS) is 11.7. The summed E-state index contributed by atoms with van der Waals surface area (Å²) in [5, 5.41) is 8.54. The Morgan fingerprint density at radius 1 is 1.08 bits per heavy atom. The summed E-state index contributed by atoms with van der Waals surface area (Å²) in [6.45, 7) is 2.44. The molecule has 3 rings (SSSR count). The summed E-state index contributed by atoms with van der Waals surface area (Å²) in [7, 11) is 0. The summed E-state index contributed by atoms with van der Waals surface area (Å²) in [4.78, 5) is 11.3. The highest BCUT2D eigenvalue weighted by atomic mass is 32.2. The fraction of sp³-hybridized carbons (Fsp3) is 0.214. The Balaban J connectivity index is 1.93. The van der Waals surface area contributed by atoms with Crippen molar-refractivity contribution in [1.29, 1.82) is 0 Å². The summed E-state index contributed by atoms with van der Waals surface area (Å²) in [6, 6.07) is 4.40. The van der Waals surface area contributed by atoms with Gasteiger partial charge in [-0.15, -0.1) is 10.2 Å². The molecule has 0 bridgehead atoms. The van der Waals surface area contributed by atoms with Crippen molar-refractivity contribution in [2.45, 2.75) is 30.0 Å². The van der Waals surface area contributed by atoms with Crippen LogP contribution in [0.15, 0.2) is 47.1 Å². The molecule has 0 N–H and O–H groups in total. The molecular formula is C14H11F3N6S. The number of hydrogen-bond acceptors (Lipinski definition) is 6. The van der Waals surface area contributed by atoms with Crippen molar-refractivity contribution in [3.05, 3.63) is 42.5 Å². The molecular weight excluding hydrogens is 341 g/mol. The fourth-order valence-electron chi connectivity index (χ4n) is 1.99. The molecule has 0 spiro atoms. The van der Waals surface area contributed by atoms with Crippen LogP contribution in [-0.4, -0.2) is 29.7 Å². The van der Waals surface area contributed by atoms with Gasteiger partial charge in [0.05, 0.1) is 0 Å². The Labute approximate surface area is 139 Å². The number of aromatic nitrogens is 6. The lowest BCUT2D eigenvalue weighted by atomic mass is 10.2. The van der Waals surface area contributed by atoms with Crippen LogP contribution >= 0.6 is 11.8 Å². The average Bonchev–Trinajstić information content (AvgIpc) is 2.98. The first-order valence-electron chi connectivity index (χ1n) is 6.90. The predicted octanol–water partition coefficient (Wildman–Crippen LogP) is 3.32. The van der Waals surface area contributed by atoms with Crippen molar-refractivity contribution < 1.29 is 13.2 Å². The fourth-order valence-corrected chi connectivity index (χ4v) is 2.82. The Kier molecular flexibility index (Phi) is 4.47. The largest absolute Gasteiger partial charge is 0.433 e. The van der Waals surface area contributed by atoms with Crippen molar-refractivity contribution in [3.8, 4) is 11.4 Å². The van der Waals surface area contributed by atoms with Gasteiger partial charge < -0.3 is 4.57 Å². The molecule has 0 saturated heterocycles. The van der Waals surface area contributed by atoms with E-state index < -0.39 is 11.9 Å². The van der Waals surface area contributed by atoms with Gasteiger partial charge in [-0.1, -0.05) is 0 Å². The monoisotopic (exact) mass is 352 g/mol. The molecule has 0 fully saturated rings. The highest BCUT2D eigenvalue weighted by molar-refractivity contribution is 7.99. The van der Waals surface area contributed by atoms with Gasteiger partial charge in [0.1, 0.15) is 5.69 Å². The number of rotatable bonds is 4. The van der Waals surface area contributed by atoms with Crippen LogP contribution in [0.5, 0.6) is 0 Å². The zero-order chi connectivity index (χ0) is 17.2. The van der Waals surface area contributed by atoms with E-state index in [1.54, 1.807) is 29.1 Å². The molecule has 0 aromatic carbocycles. The molecule has 0 saturated carbocycles. The Bertz CT molecular complexity index is 834. The lowest BCUT2D eigenvalue weighted by Gasteiger charge is -2.08. The first-order chi connectivity index (χ1) is 11.5. The highest BCUT2D eigenvalue weighted by Crippen LogP contribution is 2.31. The second kappa shape index (κ2) is 6.56. The van der Waals surface area contributed by atoms with Crippen LogP contribution < -0.4 is 0 Å². The quantitative estimate of drug-likeness (QED) is 0.671. The molecule has 0 aliphatic rings. The second-order valence-corrected chi connectivity index (χ2v) is 5.55. The molecule has 24 heavy (non-hydrogen) atoms. The molecule has 3 aromatic heterocycles. The Morgan fingerprint density at radius 3 is 2.50 bits per heavy atom. The van der Waals surface area contributed by atoms with Crippen LogP contribution in [0.3, 0.4) is 0 Å². The van der Waals surface area contributed by atoms with Gasteiger partial charge in [-0.3, -0.25) is 4.98 Å². The maximum Gasteiger partial charge on any atom is 0.433 e. The number of halogens is 3. The van der Waals surface area contributed by atoms with Gasteiger partial charge in [-0.05, 0) is 36.9 Å². The van der Waals surface area contributed by atoms with E-state index >= 15 is 0 Å². The van der Waals surface area contributed by atoms with E-state index in [2.05, 4.69) is 25.1 Å². The van der Waals surface area contributed by atoms with E-state index in [4.69, 9.17) is 0 Å². The van der Waals surface area contributed by atoms with E-state index in [0.29, 0.717) is 17.5 Å². The van der Waals surface area contributed by atoms with Crippen LogP contribution in [0.1, 0.15) is 12.6 Å². The van der Waals surface area contributed by atoms with Crippen LogP contribution in [-0.2, 0) is 12.7 Å². The maximum absolute atomic E-state index is 12.7. The van der Waals surface area contributed by atoms with E-state index in [1.807, 2.05) is 6.92 Å². The summed E-state index contributed by atoms with van der Waals surface area (Å²) in [6.07, 6.45) is -0.174. The standard InChI is InChI=1S/C14H11F3N6S/c1-2-23-11(9-3-6-18-7-4-9)21-22-13(23)24-12-19-8-5-10(20-12)14(15,16)17/h3-8H,2H2,1H3. The van der Waals surface area contributed by atoms with Gasteiger partial charge in [0, 0.05) is 30.7 Å². The molecule has 0 aliphatic carbocycles. The van der Waals surface area contributed by atoms with E-state index in [-0.39, 0.29) is 5.16 Å². The second-order valence-electron chi connectivity index (χ2n) is 4.61. The SMILES string of the molecule is CCn1c(Sc2nccc(C(F)(F)F)n2)nnc1-c1ccncc1. The molecule has 0 atom stereocenters. The minimum absolute atomic E-state index is 0.0341. The number of hydrogen-bond donors (Lipinski definition) is 0. The Morgan fingerprint density at radius 2 is 1.83 bits per heavy atom. The smallest absolute Gasteiger partial charge is 0.302 e. The predicted molar refractivity (Wildman–Crippen MR) is 80.1 cm³/mol. The van der Waals surface area contributed by atoms with Crippen molar-refractivity contribution in [3.63, 3.8) is 0 Å². The maximum atomic E-state index is 12.7. The van der Waals surface area contributed by atoms with Gasteiger partial charge in [-0.2, -0.15) is 13.2 Å². The van der Waals surface area contributed by atoms with Gasteiger partial charge in [0.25, 0.3) is 0 Å². The molecule has 0 radical (unpaired) electrons. The number of nitrogens with zero attached hydrogens (tertiary/aromatic N) is 6. The topological polar surface area (TPSA) is 69.4 Å². The minimum atomic E-state index is -4.52. The summed E-state index contributed by atoms with van der Waals surface area (Å²) in [5.74, 6) is 0.606. The van der Waals surface area contributed by atoms with Crippen molar-refractivity contribution >= 4 is 11.8 Å². The van der Waals surface area contributed by atoms with Crippen LogP contribution in [0.25, 0.3) is 11.4 Å². The minimum Gasteiger partial charge on any atom is -0.302 e. The highest BCUT2D eigenvalue weighted by Gasteiger charge is 2.33. The number of pyridine rings is 1. The third-order valence-corrected chi connectivity index (χ3v) is 3.94. The lowest BCUT2D eigenvalue weighted by Crippen LogP contribution is -2.09. The van der Waals surface area contributed by atoms with E-state index in [1.165, 1.54) is 0 Å². The molecule has 0 amide bonds. The van der Waals surface area contributed by atoms with Gasteiger partial charge in [-0.25, -0.2) is 9.97 Å². The Hall–Kier alpha value is -2.49. The van der Waals surface area contributed by atoms with E-state index in [0.717, 1.165) is 29.6 Å². The van der Waals surface area contributed by atoms with Crippen molar-refractivity contribution in [2.24, 2.45) is 0 Å². The molecule has 0 unspecified atom stereocenters. The zero-order valence-electron chi connectivity index (χ0n) is 12.4. The molecule has 10 heteroatoms. The average molecular weight is 352 g/mol. The third kappa shape index (κ3) is 3.37. The molecule has 3 aromatic rings. The summed E-state index contributed by atoms with van der Waals surface area (Å²) >= 11 is 0.936. The van der Waals surface area contributed by atoms with Crippen LogP contribution in [0, 0.1) is 0 Å². The molecule has 0 aliphatic heterocycles. The first-order valence-corrected chi connectivity index (χ1v) is 7.72. The molecule has 3 heterocycles. The van der Waals surface area contributed by atoms with Crippen LogP contribution in [0.4, 0.5) is 13.2 Å². The van der Waals surface area contributed by atoms with Crippen molar-refractivity contribution in [1.82, 2.24) is 29.7 Å². The zero-order valence-corrected chi connectivity index (χ0v) is 13.2. The summed E-state index contributed by atoms with van der Waals surface area (Å²) in [5.41, 5.74) is -0.173. The molecule has 6 nitrogen and oxygen atoms in total. The summed E-state index contributed by atoms with van der Waals surface area (Å²) < 4.78 is 40.0. The molecule has 124 valence electrons. The van der Waals surface area contributed by atoms with Crippen molar-refractivity contribution in [2.75, 3.05) is 0 Å². The lowest BCUT2D eigenvalue weighted by molar-refractivity contribution is -0.141.